The van der Waals surface area contributed by atoms with Gasteiger partial charge in [-0.05, 0) is 47.5 Å². The van der Waals surface area contributed by atoms with Gasteiger partial charge in [0.1, 0.15) is 12.1 Å². The second-order valence-electron chi connectivity index (χ2n) is 8.68. The summed E-state index contributed by atoms with van der Waals surface area (Å²) in [6.07, 6.45) is 3.37. The lowest BCUT2D eigenvalue weighted by Crippen LogP contribution is -2.56. The summed E-state index contributed by atoms with van der Waals surface area (Å²) >= 11 is 0. The van der Waals surface area contributed by atoms with Crippen molar-refractivity contribution in [1.82, 2.24) is 19.9 Å². The van der Waals surface area contributed by atoms with Crippen LogP contribution in [0.15, 0.2) is 67.1 Å². The van der Waals surface area contributed by atoms with E-state index in [2.05, 4.69) is 61.1 Å². The summed E-state index contributed by atoms with van der Waals surface area (Å²) in [5, 5.41) is 1.02. The molecule has 7 heteroatoms. The molecule has 33 heavy (non-hydrogen) atoms. The van der Waals surface area contributed by atoms with Crippen molar-refractivity contribution in [2.24, 2.45) is 0 Å². The molecule has 4 heterocycles. The van der Waals surface area contributed by atoms with Gasteiger partial charge in [-0.25, -0.2) is 15.0 Å². The van der Waals surface area contributed by atoms with Crippen LogP contribution in [0.2, 0.25) is 0 Å². The van der Waals surface area contributed by atoms with Crippen LogP contribution < -0.4 is 10.6 Å². The van der Waals surface area contributed by atoms with Gasteiger partial charge in [0.2, 0.25) is 0 Å². The zero-order chi connectivity index (χ0) is 22.2. The fraction of sp³-hybridized carbons (Fsp3) is 0.269. The molecule has 2 aromatic carbocycles. The maximum atomic E-state index is 5.89. The standard InChI is InChI=1S/C26H26N6O/c27-25-14-20(7-8-28-25)19-3-6-24-23(13-19)26(30-17-29-24)18-1-4-21(5-2-18)31-9-11-32(12-10-31)22-15-33-16-22/h1-8,13-14,17,22H,9-12,15-16H2,(H2,27,28). The minimum Gasteiger partial charge on any atom is -0.384 e. The molecule has 0 saturated carbocycles. The normalized spacial score (nSPS) is 17.3. The zero-order valence-corrected chi connectivity index (χ0v) is 18.4. The average Bonchev–Trinajstić information content (AvgIpc) is 2.83. The van der Waals surface area contributed by atoms with Crippen LogP contribution in [-0.2, 0) is 4.74 Å². The Balaban J connectivity index is 1.27. The zero-order valence-electron chi connectivity index (χ0n) is 18.4. The van der Waals surface area contributed by atoms with Crippen LogP contribution in [-0.4, -0.2) is 65.3 Å². The first-order valence-electron chi connectivity index (χ1n) is 11.4. The minimum absolute atomic E-state index is 0.509. The van der Waals surface area contributed by atoms with E-state index in [1.54, 1.807) is 12.5 Å². The highest BCUT2D eigenvalue weighted by Crippen LogP contribution is 2.31. The lowest BCUT2D eigenvalue weighted by atomic mass is 10.0. The van der Waals surface area contributed by atoms with Crippen LogP contribution >= 0.6 is 0 Å². The van der Waals surface area contributed by atoms with Crippen LogP contribution in [0, 0.1) is 0 Å². The number of ether oxygens (including phenoxy) is 1. The Hall–Kier alpha value is -3.55. The van der Waals surface area contributed by atoms with Crippen molar-refractivity contribution in [2.45, 2.75) is 6.04 Å². The summed E-state index contributed by atoms with van der Waals surface area (Å²) in [7, 11) is 0. The molecule has 0 unspecified atom stereocenters. The molecular weight excluding hydrogens is 412 g/mol. The number of aromatic nitrogens is 3. The number of fused-ring (bicyclic) bond motifs is 1. The molecule has 2 fully saturated rings. The van der Waals surface area contributed by atoms with Gasteiger partial charge in [-0.15, -0.1) is 0 Å². The van der Waals surface area contributed by atoms with Gasteiger partial charge in [0.05, 0.1) is 30.5 Å². The molecule has 7 nitrogen and oxygen atoms in total. The Morgan fingerprint density at radius 2 is 1.55 bits per heavy atom. The van der Waals surface area contributed by atoms with Crippen molar-refractivity contribution in [2.75, 3.05) is 50.0 Å². The molecular formula is C26H26N6O. The summed E-state index contributed by atoms with van der Waals surface area (Å²) in [6.45, 7) is 6.05. The molecule has 2 aromatic heterocycles. The summed E-state index contributed by atoms with van der Waals surface area (Å²) in [5.74, 6) is 0.509. The van der Waals surface area contributed by atoms with E-state index in [1.807, 2.05) is 18.2 Å². The maximum absolute atomic E-state index is 5.89. The summed E-state index contributed by atoms with van der Waals surface area (Å²) in [6, 6.07) is 19.5. The largest absolute Gasteiger partial charge is 0.384 e. The molecule has 2 saturated heterocycles. The average molecular weight is 439 g/mol. The number of hydrogen-bond acceptors (Lipinski definition) is 7. The van der Waals surface area contributed by atoms with Gasteiger partial charge in [0, 0.05) is 49.0 Å². The number of pyridine rings is 1. The predicted molar refractivity (Wildman–Crippen MR) is 131 cm³/mol. The Morgan fingerprint density at radius 3 is 2.27 bits per heavy atom. The SMILES string of the molecule is Nc1cc(-c2ccc3ncnc(-c4ccc(N5CCN(C6COC6)CC5)cc4)c3c2)ccn1. The first-order chi connectivity index (χ1) is 16.2. The monoisotopic (exact) mass is 438 g/mol. The lowest BCUT2D eigenvalue weighted by Gasteiger charge is -2.43. The Morgan fingerprint density at radius 1 is 0.788 bits per heavy atom. The molecule has 6 rings (SSSR count). The van der Waals surface area contributed by atoms with E-state index in [-0.39, 0.29) is 0 Å². The van der Waals surface area contributed by atoms with Crippen molar-refractivity contribution in [3.05, 3.63) is 67.1 Å². The van der Waals surface area contributed by atoms with Gasteiger partial charge < -0.3 is 15.4 Å². The second kappa shape index (κ2) is 8.42. The van der Waals surface area contributed by atoms with Gasteiger partial charge in [0.25, 0.3) is 0 Å². The highest BCUT2D eigenvalue weighted by molar-refractivity contribution is 5.95. The van der Waals surface area contributed by atoms with Gasteiger partial charge in [0.15, 0.2) is 0 Å². The van der Waals surface area contributed by atoms with Crippen LogP contribution in [0.25, 0.3) is 33.3 Å². The Kier molecular flexibility index (Phi) is 5.13. The molecule has 0 aliphatic carbocycles. The van der Waals surface area contributed by atoms with Crippen molar-refractivity contribution in [3.63, 3.8) is 0 Å². The van der Waals surface area contributed by atoms with Crippen LogP contribution in [0.1, 0.15) is 0 Å². The molecule has 0 radical (unpaired) electrons. The number of piperazine rings is 1. The van der Waals surface area contributed by atoms with Crippen molar-refractivity contribution < 1.29 is 4.74 Å². The summed E-state index contributed by atoms with van der Waals surface area (Å²) in [4.78, 5) is 18.2. The molecule has 166 valence electrons. The number of hydrogen-bond donors (Lipinski definition) is 1. The highest BCUT2D eigenvalue weighted by atomic mass is 16.5. The lowest BCUT2D eigenvalue weighted by molar-refractivity contribution is -0.0660. The maximum Gasteiger partial charge on any atom is 0.123 e. The van der Waals surface area contributed by atoms with Gasteiger partial charge in [-0.2, -0.15) is 0 Å². The Labute approximate surface area is 192 Å². The molecule has 0 amide bonds. The molecule has 2 N–H and O–H groups in total. The summed E-state index contributed by atoms with van der Waals surface area (Å²) < 4.78 is 5.35. The first kappa shape index (κ1) is 20.1. The Bertz CT molecular complexity index is 1280. The van der Waals surface area contributed by atoms with Crippen molar-refractivity contribution in [1.29, 1.82) is 0 Å². The van der Waals surface area contributed by atoms with Gasteiger partial charge in [-0.3, -0.25) is 4.90 Å². The van der Waals surface area contributed by atoms with Crippen LogP contribution in [0.3, 0.4) is 0 Å². The van der Waals surface area contributed by atoms with Crippen LogP contribution in [0.4, 0.5) is 11.5 Å². The third kappa shape index (κ3) is 3.90. The predicted octanol–water partition coefficient (Wildman–Crippen LogP) is 3.46. The van der Waals surface area contributed by atoms with E-state index in [0.29, 0.717) is 11.9 Å². The number of benzene rings is 2. The van der Waals surface area contributed by atoms with E-state index in [4.69, 9.17) is 10.5 Å². The van der Waals surface area contributed by atoms with Crippen molar-refractivity contribution in [3.8, 4) is 22.4 Å². The molecule has 0 spiro atoms. The molecule has 0 bridgehead atoms. The third-order valence-electron chi connectivity index (χ3n) is 6.71. The minimum atomic E-state index is 0.509. The second-order valence-corrected chi connectivity index (χ2v) is 8.68. The van der Waals surface area contributed by atoms with E-state index < -0.39 is 0 Å². The molecule has 2 aliphatic rings. The molecule has 2 aliphatic heterocycles. The van der Waals surface area contributed by atoms with E-state index in [0.717, 1.165) is 72.7 Å². The first-order valence-corrected chi connectivity index (χ1v) is 11.4. The van der Waals surface area contributed by atoms with Crippen LogP contribution in [0.5, 0.6) is 0 Å². The molecule has 4 aromatic rings. The number of nitrogens with two attached hydrogens (primary N) is 1. The van der Waals surface area contributed by atoms with E-state index >= 15 is 0 Å². The smallest absolute Gasteiger partial charge is 0.123 e. The van der Waals surface area contributed by atoms with E-state index in [1.165, 1.54) is 5.69 Å². The third-order valence-corrected chi connectivity index (χ3v) is 6.71. The quantitative estimate of drug-likeness (QED) is 0.523. The highest BCUT2D eigenvalue weighted by Gasteiger charge is 2.28. The molecule has 0 atom stereocenters. The fourth-order valence-electron chi connectivity index (χ4n) is 4.70. The fourth-order valence-corrected chi connectivity index (χ4v) is 4.70. The number of rotatable bonds is 4. The number of anilines is 2. The van der Waals surface area contributed by atoms with Crippen molar-refractivity contribution >= 4 is 22.4 Å². The summed E-state index contributed by atoms with van der Waals surface area (Å²) in [5.41, 5.74) is 12.2. The number of nitrogen functional groups attached to an aromatic ring is 1. The number of nitrogens with zero attached hydrogens (tertiary/aromatic N) is 5. The topological polar surface area (TPSA) is 80.4 Å². The van der Waals surface area contributed by atoms with E-state index in [9.17, 15) is 0 Å². The van der Waals surface area contributed by atoms with Gasteiger partial charge >= 0.3 is 0 Å². The van der Waals surface area contributed by atoms with Gasteiger partial charge in [-0.1, -0.05) is 18.2 Å².